The van der Waals surface area contributed by atoms with Gasteiger partial charge in [-0.2, -0.15) is 0 Å². The first-order chi connectivity index (χ1) is 10.8. The quantitative estimate of drug-likeness (QED) is 0.642. The molecular formula is C15H21Br2FN2O2S. The van der Waals surface area contributed by atoms with E-state index in [0.717, 1.165) is 38.2 Å². The van der Waals surface area contributed by atoms with E-state index in [9.17, 15) is 12.8 Å². The monoisotopic (exact) mass is 470 g/mol. The molecule has 1 aliphatic rings. The predicted octanol–water partition coefficient (Wildman–Crippen LogP) is 3.75. The summed E-state index contributed by atoms with van der Waals surface area (Å²) in [6.07, 6.45) is 3.24. The van der Waals surface area contributed by atoms with Gasteiger partial charge in [0.15, 0.2) is 0 Å². The lowest BCUT2D eigenvalue weighted by Gasteiger charge is -2.30. The third kappa shape index (κ3) is 5.49. The molecule has 0 aliphatic carbocycles. The Kier molecular flexibility index (Phi) is 7.03. The van der Waals surface area contributed by atoms with Crippen LogP contribution in [0.4, 0.5) is 4.39 Å². The van der Waals surface area contributed by atoms with Gasteiger partial charge in [0, 0.05) is 22.0 Å². The lowest BCUT2D eigenvalue weighted by molar-refractivity contribution is 0.182. The summed E-state index contributed by atoms with van der Waals surface area (Å²) in [4.78, 5) is 2.41. The van der Waals surface area contributed by atoms with Gasteiger partial charge in [-0.3, -0.25) is 0 Å². The Bertz CT molecular complexity index is 632. The van der Waals surface area contributed by atoms with Crippen LogP contribution in [-0.4, -0.2) is 39.5 Å². The van der Waals surface area contributed by atoms with Crippen LogP contribution in [0.25, 0.3) is 0 Å². The second-order valence-corrected chi connectivity index (χ2v) is 9.41. The third-order valence-electron chi connectivity index (χ3n) is 3.92. The Morgan fingerprint density at radius 3 is 2.61 bits per heavy atom. The predicted molar refractivity (Wildman–Crippen MR) is 96.4 cm³/mol. The maximum Gasteiger partial charge on any atom is 0.242 e. The smallest absolute Gasteiger partial charge is 0.242 e. The maximum atomic E-state index is 13.3. The average Bonchev–Trinajstić information content (AvgIpc) is 2.42. The fourth-order valence-electron chi connectivity index (χ4n) is 2.86. The van der Waals surface area contributed by atoms with Gasteiger partial charge < -0.3 is 4.90 Å². The average molecular weight is 472 g/mol. The van der Waals surface area contributed by atoms with Gasteiger partial charge in [-0.1, -0.05) is 6.92 Å². The Hall–Kier alpha value is -0.0200. The van der Waals surface area contributed by atoms with E-state index >= 15 is 0 Å². The van der Waals surface area contributed by atoms with E-state index in [1.807, 2.05) is 0 Å². The van der Waals surface area contributed by atoms with E-state index in [0.29, 0.717) is 12.5 Å². The minimum absolute atomic E-state index is 0.0329. The normalized spacial score (nSPS) is 19.9. The van der Waals surface area contributed by atoms with E-state index in [2.05, 4.69) is 48.4 Å². The molecule has 0 saturated carbocycles. The molecule has 2 rings (SSSR count). The largest absolute Gasteiger partial charge is 0.303 e. The highest BCUT2D eigenvalue weighted by atomic mass is 79.9. The summed E-state index contributed by atoms with van der Waals surface area (Å²) in [6.45, 7) is 5.68. The van der Waals surface area contributed by atoms with Crippen molar-refractivity contribution in [3.05, 3.63) is 26.9 Å². The molecule has 1 saturated heterocycles. The van der Waals surface area contributed by atoms with Crippen molar-refractivity contribution in [2.24, 2.45) is 5.92 Å². The van der Waals surface area contributed by atoms with E-state index in [-0.39, 0.29) is 13.8 Å². The van der Waals surface area contributed by atoms with Crippen LogP contribution in [0.15, 0.2) is 26.0 Å². The Morgan fingerprint density at radius 1 is 1.35 bits per heavy atom. The van der Waals surface area contributed by atoms with Gasteiger partial charge >= 0.3 is 0 Å². The zero-order valence-electron chi connectivity index (χ0n) is 13.0. The number of benzene rings is 1. The van der Waals surface area contributed by atoms with Gasteiger partial charge in [0.1, 0.15) is 10.7 Å². The van der Waals surface area contributed by atoms with Gasteiger partial charge in [-0.05, 0) is 82.3 Å². The van der Waals surface area contributed by atoms with E-state index in [1.54, 1.807) is 0 Å². The van der Waals surface area contributed by atoms with Crippen LogP contribution in [0.1, 0.15) is 26.2 Å². The summed E-state index contributed by atoms with van der Waals surface area (Å²) in [5.74, 6) is 0.216. The van der Waals surface area contributed by atoms with Crippen molar-refractivity contribution in [3.63, 3.8) is 0 Å². The molecule has 4 nitrogen and oxygen atoms in total. The lowest BCUT2D eigenvalue weighted by Crippen LogP contribution is -2.36. The molecule has 23 heavy (non-hydrogen) atoms. The summed E-state index contributed by atoms with van der Waals surface area (Å²) in [5, 5.41) is 0. The van der Waals surface area contributed by atoms with Gasteiger partial charge in [-0.25, -0.2) is 17.5 Å². The highest BCUT2D eigenvalue weighted by Gasteiger charge is 2.22. The molecule has 0 bridgehead atoms. The lowest BCUT2D eigenvalue weighted by atomic mass is 10.0. The summed E-state index contributed by atoms with van der Waals surface area (Å²) in [7, 11) is -3.68. The first kappa shape index (κ1) is 19.3. The van der Waals surface area contributed by atoms with E-state index < -0.39 is 15.8 Å². The fourth-order valence-corrected chi connectivity index (χ4v) is 6.45. The molecule has 1 atom stereocenters. The number of likely N-dealkylation sites (tertiary alicyclic amines) is 1. The van der Waals surface area contributed by atoms with Gasteiger partial charge in [0.25, 0.3) is 0 Å². The molecule has 0 aromatic heterocycles. The highest BCUT2D eigenvalue weighted by molar-refractivity contribution is 9.11. The second kappa shape index (κ2) is 8.38. The Balaban J connectivity index is 1.90. The zero-order chi connectivity index (χ0) is 17.0. The topological polar surface area (TPSA) is 49.4 Å². The number of hydrogen-bond acceptors (Lipinski definition) is 3. The fraction of sp³-hybridized carbons (Fsp3) is 0.600. The molecule has 1 N–H and O–H groups in total. The highest BCUT2D eigenvalue weighted by Crippen LogP contribution is 2.30. The summed E-state index contributed by atoms with van der Waals surface area (Å²) in [5.41, 5.74) is 0. The summed E-state index contributed by atoms with van der Waals surface area (Å²) >= 11 is 6.23. The van der Waals surface area contributed by atoms with Crippen molar-refractivity contribution in [1.29, 1.82) is 0 Å². The molecule has 1 aliphatic heterocycles. The summed E-state index contributed by atoms with van der Waals surface area (Å²) < 4.78 is 41.0. The Morgan fingerprint density at radius 2 is 2.00 bits per heavy atom. The third-order valence-corrected chi connectivity index (χ3v) is 7.25. The molecule has 130 valence electrons. The molecule has 0 radical (unpaired) electrons. The molecule has 1 aromatic carbocycles. The van der Waals surface area contributed by atoms with Crippen LogP contribution in [0.2, 0.25) is 0 Å². The van der Waals surface area contributed by atoms with Crippen molar-refractivity contribution in [2.45, 2.75) is 31.1 Å². The van der Waals surface area contributed by atoms with Crippen LogP contribution in [0, 0.1) is 11.7 Å². The van der Waals surface area contributed by atoms with E-state index in [4.69, 9.17) is 0 Å². The molecule has 1 fully saturated rings. The van der Waals surface area contributed by atoms with Gasteiger partial charge in [0.2, 0.25) is 10.0 Å². The Labute approximate surface area is 154 Å². The zero-order valence-corrected chi connectivity index (χ0v) is 17.0. The number of nitrogens with one attached hydrogen (secondary N) is 1. The summed E-state index contributed by atoms with van der Waals surface area (Å²) in [6, 6.07) is 2.29. The number of rotatable bonds is 6. The molecule has 0 spiro atoms. The number of piperidine rings is 1. The van der Waals surface area contributed by atoms with Gasteiger partial charge in [0.05, 0.1) is 0 Å². The number of hydrogen-bond donors (Lipinski definition) is 1. The number of sulfonamides is 1. The number of halogens is 3. The van der Waals surface area contributed by atoms with Crippen LogP contribution < -0.4 is 4.72 Å². The minimum atomic E-state index is -3.68. The van der Waals surface area contributed by atoms with Crippen molar-refractivity contribution in [2.75, 3.05) is 26.2 Å². The molecule has 8 heteroatoms. The van der Waals surface area contributed by atoms with Crippen molar-refractivity contribution in [3.8, 4) is 0 Å². The molecular weight excluding hydrogens is 451 g/mol. The van der Waals surface area contributed by atoms with Crippen molar-refractivity contribution < 1.29 is 12.8 Å². The SMILES string of the molecule is CC1CCCN(CCCNS(=O)(=O)c2c(Br)cc(F)cc2Br)C1. The first-order valence-electron chi connectivity index (χ1n) is 7.66. The van der Waals surface area contributed by atoms with Crippen molar-refractivity contribution in [1.82, 2.24) is 9.62 Å². The van der Waals surface area contributed by atoms with Crippen LogP contribution in [-0.2, 0) is 10.0 Å². The standard InChI is InChI=1S/C15H21Br2FN2O2S/c1-11-4-2-6-20(10-11)7-3-5-19-23(21,22)15-13(16)8-12(18)9-14(15)17/h8-9,11,19H,2-7,10H2,1H3. The molecule has 1 heterocycles. The van der Waals surface area contributed by atoms with E-state index in [1.165, 1.54) is 12.8 Å². The maximum absolute atomic E-state index is 13.3. The molecule has 1 unspecified atom stereocenters. The van der Waals surface area contributed by atoms with Crippen molar-refractivity contribution >= 4 is 41.9 Å². The minimum Gasteiger partial charge on any atom is -0.303 e. The number of nitrogens with zero attached hydrogens (tertiary/aromatic N) is 1. The first-order valence-corrected chi connectivity index (χ1v) is 10.7. The van der Waals surface area contributed by atoms with Crippen LogP contribution in [0.5, 0.6) is 0 Å². The van der Waals surface area contributed by atoms with Crippen LogP contribution >= 0.6 is 31.9 Å². The molecule has 0 amide bonds. The second-order valence-electron chi connectivity index (χ2n) is 6.00. The molecule has 1 aromatic rings. The van der Waals surface area contributed by atoms with Gasteiger partial charge in [-0.15, -0.1) is 0 Å². The van der Waals surface area contributed by atoms with Crippen LogP contribution in [0.3, 0.4) is 0 Å².